The first-order chi connectivity index (χ1) is 22.6. The van der Waals surface area contributed by atoms with Gasteiger partial charge in [-0.05, 0) is 64.2 Å². The molecule has 0 aliphatic heterocycles. The molecule has 0 spiro atoms. The number of carbonyl (C=O) groups is 2. The Morgan fingerprint density at radius 3 is 1.41 bits per heavy atom. The number of hydrogen-bond acceptors (Lipinski definition) is 5. The fourth-order valence-electron chi connectivity index (χ4n) is 5.42. The van der Waals surface area contributed by atoms with Crippen LogP contribution in [0, 0.1) is 0 Å². The highest BCUT2D eigenvalue weighted by Crippen LogP contribution is 2.12. The first kappa shape index (κ1) is 44.4. The zero-order chi connectivity index (χ0) is 33.6. The maximum Gasteiger partial charge on any atom is 0.306 e. The number of hydrogen-bond donors (Lipinski definition) is 0. The molecule has 1 atom stereocenters. The molecule has 0 fully saturated rings. The van der Waals surface area contributed by atoms with Crippen LogP contribution >= 0.6 is 0 Å². The van der Waals surface area contributed by atoms with Crippen LogP contribution in [0.1, 0.15) is 201 Å². The summed E-state index contributed by atoms with van der Waals surface area (Å²) < 4.78 is 17.1. The van der Waals surface area contributed by atoms with Gasteiger partial charge in [-0.1, -0.05) is 148 Å². The molecule has 46 heavy (non-hydrogen) atoms. The van der Waals surface area contributed by atoms with Gasteiger partial charge in [0.05, 0.1) is 6.61 Å². The Morgan fingerprint density at radius 1 is 0.457 bits per heavy atom. The molecule has 0 radical (unpaired) electrons. The van der Waals surface area contributed by atoms with Crippen LogP contribution in [0.3, 0.4) is 0 Å². The number of carbonyl (C=O) groups excluding carboxylic acids is 2. The summed E-state index contributed by atoms with van der Waals surface area (Å²) in [5.41, 5.74) is 0. The lowest BCUT2D eigenvalue weighted by Gasteiger charge is -2.18. The molecule has 0 rings (SSSR count). The normalized spacial score (nSPS) is 12.3. The predicted molar refractivity (Wildman–Crippen MR) is 196 cm³/mol. The minimum atomic E-state index is -0.530. The van der Waals surface area contributed by atoms with E-state index in [0.29, 0.717) is 19.4 Å². The number of unbranched alkanes of at least 4 members (excludes halogenated alkanes) is 21. The van der Waals surface area contributed by atoms with Crippen LogP contribution in [0.2, 0.25) is 0 Å². The number of ether oxygens (including phenoxy) is 3. The maximum absolute atomic E-state index is 12.5. The molecule has 0 amide bonds. The van der Waals surface area contributed by atoms with Crippen LogP contribution in [0.5, 0.6) is 0 Å². The number of rotatable bonds is 36. The minimum absolute atomic E-state index is 0.0814. The van der Waals surface area contributed by atoms with E-state index in [1.807, 2.05) is 0 Å². The average molecular weight is 649 g/mol. The Balaban J connectivity index is 4.12. The molecule has 0 heterocycles. The summed E-state index contributed by atoms with van der Waals surface area (Å²) in [6, 6.07) is 0. The van der Waals surface area contributed by atoms with Gasteiger partial charge < -0.3 is 14.2 Å². The molecule has 0 saturated carbocycles. The lowest BCUT2D eigenvalue weighted by molar-refractivity contribution is -0.163. The maximum atomic E-state index is 12.5. The quantitative estimate of drug-likeness (QED) is 0.0384. The van der Waals surface area contributed by atoms with Crippen molar-refractivity contribution >= 4 is 11.9 Å². The van der Waals surface area contributed by atoms with Crippen molar-refractivity contribution in [1.29, 1.82) is 0 Å². The molecule has 0 aromatic rings. The van der Waals surface area contributed by atoms with Gasteiger partial charge in [-0.25, -0.2) is 0 Å². The smallest absolute Gasteiger partial charge is 0.306 e. The summed E-state index contributed by atoms with van der Waals surface area (Å²) in [7, 11) is 0. The molecule has 0 N–H and O–H groups in total. The van der Waals surface area contributed by atoms with Crippen LogP contribution in [0.4, 0.5) is 0 Å². The van der Waals surface area contributed by atoms with Gasteiger partial charge in [0.2, 0.25) is 0 Å². The zero-order valence-electron chi connectivity index (χ0n) is 30.8. The molecule has 0 aliphatic carbocycles. The Morgan fingerprint density at radius 2 is 0.870 bits per heavy atom. The van der Waals surface area contributed by atoms with E-state index < -0.39 is 6.10 Å². The summed E-state index contributed by atoms with van der Waals surface area (Å²) in [6.07, 6.45) is 40.4. The Bertz CT molecular complexity index is 701. The van der Waals surface area contributed by atoms with Crippen molar-refractivity contribution in [2.45, 2.75) is 207 Å². The Labute approximate surface area is 286 Å². The second kappa shape index (κ2) is 37.8. The fourth-order valence-corrected chi connectivity index (χ4v) is 5.42. The summed E-state index contributed by atoms with van der Waals surface area (Å²) >= 11 is 0. The third-order valence-electron chi connectivity index (χ3n) is 8.46. The van der Waals surface area contributed by atoms with Crippen molar-refractivity contribution in [3.8, 4) is 0 Å². The van der Waals surface area contributed by atoms with Crippen LogP contribution in [-0.4, -0.2) is 37.9 Å². The van der Waals surface area contributed by atoms with Gasteiger partial charge in [-0.2, -0.15) is 0 Å². The van der Waals surface area contributed by atoms with E-state index in [9.17, 15) is 9.59 Å². The van der Waals surface area contributed by atoms with Crippen LogP contribution in [0.15, 0.2) is 24.3 Å². The largest absolute Gasteiger partial charge is 0.462 e. The highest BCUT2D eigenvalue weighted by molar-refractivity contribution is 5.70. The van der Waals surface area contributed by atoms with Crippen molar-refractivity contribution in [1.82, 2.24) is 0 Å². The Hall–Kier alpha value is -1.62. The first-order valence-corrected chi connectivity index (χ1v) is 19.9. The molecular weight excluding hydrogens is 572 g/mol. The standard InChI is InChI=1S/C41H76O5/c1-4-7-10-13-15-17-19-21-22-24-26-29-31-34-40(42)45-38-39(46-41(43)35-32-28-12-9-6-3)37-44-36-33-30-27-25-23-20-18-16-14-11-8-5-2/h14,16-17,19,39H,4-13,15,18,20-38H2,1-3H3/b16-14-,19-17-. The van der Waals surface area contributed by atoms with Crippen molar-refractivity contribution in [2.24, 2.45) is 0 Å². The second-order valence-corrected chi connectivity index (χ2v) is 13.2. The van der Waals surface area contributed by atoms with E-state index >= 15 is 0 Å². The van der Waals surface area contributed by atoms with Crippen LogP contribution in [0.25, 0.3) is 0 Å². The predicted octanol–water partition coefficient (Wildman–Crippen LogP) is 12.6. The first-order valence-electron chi connectivity index (χ1n) is 19.9. The summed E-state index contributed by atoms with van der Waals surface area (Å²) in [5.74, 6) is -0.421. The zero-order valence-corrected chi connectivity index (χ0v) is 30.8. The van der Waals surface area contributed by atoms with Crippen molar-refractivity contribution < 1.29 is 23.8 Å². The lowest BCUT2D eigenvalue weighted by Crippen LogP contribution is -2.30. The van der Waals surface area contributed by atoms with Crippen molar-refractivity contribution in [3.05, 3.63) is 24.3 Å². The van der Waals surface area contributed by atoms with Gasteiger partial charge in [0.1, 0.15) is 6.61 Å². The molecule has 0 saturated heterocycles. The molecule has 1 unspecified atom stereocenters. The lowest BCUT2D eigenvalue weighted by atomic mass is 10.1. The van der Waals surface area contributed by atoms with E-state index in [0.717, 1.165) is 57.8 Å². The van der Waals surface area contributed by atoms with Crippen molar-refractivity contribution in [3.63, 3.8) is 0 Å². The van der Waals surface area contributed by atoms with Gasteiger partial charge in [-0.15, -0.1) is 0 Å². The minimum Gasteiger partial charge on any atom is -0.462 e. The van der Waals surface area contributed by atoms with E-state index in [2.05, 4.69) is 45.1 Å². The van der Waals surface area contributed by atoms with E-state index in [4.69, 9.17) is 14.2 Å². The average Bonchev–Trinajstić information content (AvgIpc) is 3.05. The Kier molecular flexibility index (Phi) is 36.5. The fraction of sp³-hybridized carbons (Fsp3) is 0.854. The monoisotopic (exact) mass is 649 g/mol. The molecule has 5 heteroatoms. The van der Waals surface area contributed by atoms with Gasteiger partial charge >= 0.3 is 11.9 Å². The molecule has 270 valence electrons. The molecule has 0 aromatic heterocycles. The molecular formula is C41H76O5. The number of esters is 2. The van der Waals surface area contributed by atoms with E-state index in [1.165, 1.54) is 109 Å². The third kappa shape index (κ3) is 35.2. The molecule has 0 aromatic carbocycles. The highest BCUT2D eigenvalue weighted by Gasteiger charge is 2.17. The van der Waals surface area contributed by atoms with E-state index in [1.54, 1.807) is 0 Å². The summed E-state index contributed by atoms with van der Waals surface area (Å²) in [6.45, 7) is 7.69. The molecule has 0 aliphatic rings. The molecule has 5 nitrogen and oxygen atoms in total. The van der Waals surface area contributed by atoms with Gasteiger partial charge in [0, 0.05) is 19.4 Å². The summed E-state index contributed by atoms with van der Waals surface area (Å²) in [5, 5.41) is 0. The SMILES string of the molecule is CCCC/C=C\CCCCCCCCOCC(COC(=O)CCCCCCC/C=C\CCCCCC)OC(=O)CCCCCCC. The van der Waals surface area contributed by atoms with Gasteiger partial charge in [0.25, 0.3) is 0 Å². The van der Waals surface area contributed by atoms with E-state index in [-0.39, 0.29) is 25.2 Å². The topological polar surface area (TPSA) is 61.8 Å². The van der Waals surface area contributed by atoms with Crippen molar-refractivity contribution in [2.75, 3.05) is 19.8 Å². The van der Waals surface area contributed by atoms with Crippen LogP contribution in [-0.2, 0) is 23.8 Å². The van der Waals surface area contributed by atoms with Gasteiger partial charge in [0.15, 0.2) is 6.10 Å². The molecule has 0 bridgehead atoms. The third-order valence-corrected chi connectivity index (χ3v) is 8.46. The highest BCUT2D eigenvalue weighted by atomic mass is 16.6. The van der Waals surface area contributed by atoms with Crippen LogP contribution < -0.4 is 0 Å². The van der Waals surface area contributed by atoms with Gasteiger partial charge in [-0.3, -0.25) is 9.59 Å². The second-order valence-electron chi connectivity index (χ2n) is 13.2. The summed E-state index contributed by atoms with van der Waals surface area (Å²) in [4.78, 5) is 24.9. The number of allylic oxidation sites excluding steroid dienone is 4.